The lowest BCUT2D eigenvalue weighted by Gasteiger charge is -2.33. The fraction of sp³-hybridized carbons (Fsp3) is 0.538. The Balaban J connectivity index is 2.52. The second-order valence-electron chi connectivity index (χ2n) is 4.79. The smallest absolute Gasteiger partial charge is 0.156 e. The highest BCUT2D eigenvalue weighted by Crippen LogP contribution is 2.32. The van der Waals surface area contributed by atoms with Crippen molar-refractivity contribution < 1.29 is 9.84 Å². The standard InChI is InChI=1S/C13H19Cl2NO2/c1-13(2,9-17)16(3)7-8-18-12-10(14)5-4-6-11(12)15/h4-6,17H,7-9H2,1-3H3. The molecule has 0 radical (unpaired) electrons. The van der Waals surface area contributed by atoms with Crippen molar-refractivity contribution in [1.29, 1.82) is 0 Å². The highest BCUT2D eigenvalue weighted by Gasteiger charge is 2.22. The van der Waals surface area contributed by atoms with Crippen LogP contribution in [0.15, 0.2) is 18.2 Å². The quantitative estimate of drug-likeness (QED) is 0.874. The maximum absolute atomic E-state index is 9.24. The molecule has 0 aliphatic rings. The highest BCUT2D eigenvalue weighted by atomic mass is 35.5. The molecule has 0 fully saturated rings. The molecule has 5 heteroatoms. The van der Waals surface area contributed by atoms with Crippen molar-refractivity contribution in [2.45, 2.75) is 19.4 Å². The summed E-state index contributed by atoms with van der Waals surface area (Å²) < 4.78 is 5.59. The van der Waals surface area contributed by atoms with Gasteiger partial charge in [-0.2, -0.15) is 0 Å². The number of nitrogens with zero attached hydrogens (tertiary/aromatic N) is 1. The van der Waals surface area contributed by atoms with E-state index in [4.69, 9.17) is 27.9 Å². The molecule has 1 rings (SSSR count). The van der Waals surface area contributed by atoms with E-state index < -0.39 is 0 Å². The predicted molar refractivity (Wildman–Crippen MR) is 75.8 cm³/mol. The summed E-state index contributed by atoms with van der Waals surface area (Å²) in [5, 5.41) is 10.3. The van der Waals surface area contributed by atoms with Crippen molar-refractivity contribution in [3.8, 4) is 5.75 Å². The molecule has 1 aromatic carbocycles. The minimum Gasteiger partial charge on any atom is -0.489 e. The molecule has 0 aliphatic carbocycles. The third-order valence-electron chi connectivity index (χ3n) is 3.01. The normalized spacial score (nSPS) is 11.9. The summed E-state index contributed by atoms with van der Waals surface area (Å²) in [5.74, 6) is 0.510. The lowest BCUT2D eigenvalue weighted by Crippen LogP contribution is -2.45. The predicted octanol–water partition coefficient (Wildman–Crippen LogP) is 3.07. The van der Waals surface area contributed by atoms with Crippen LogP contribution in [0.25, 0.3) is 0 Å². The highest BCUT2D eigenvalue weighted by molar-refractivity contribution is 6.37. The van der Waals surface area contributed by atoms with Gasteiger partial charge in [-0.1, -0.05) is 29.3 Å². The van der Waals surface area contributed by atoms with Crippen molar-refractivity contribution in [3.05, 3.63) is 28.2 Å². The fourth-order valence-corrected chi connectivity index (χ4v) is 1.83. The van der Waals surface area contributed by atoms with E-state index in [2.05, 4.69) is 0 Å². The molecule has 102 valence electrons. The average Bonchev–Trinajstić information content (AvgIpc) is 2.32. The third kappa shape index (κ3) is 4.02. The van der Waals surface area contributed by atoms with E-state index in [1.165, 1.54) is 0 Å². The first-order valence-electron chi connectivity index (χ1n) is 5.77. The Morgan fingerprint density at radius 3 is 2.33 bits per heavy atom. The minimum atomic E-state index is -0.270. The molecule has 1 N–H and O–H groups in total. The molecular formula is C13H19Cl2NO2. The van der Waals surface area contributed by atoms with Crippen molar-refractivity contribution >= 4 is 23.2 Å². The second-order valence-corrected chi connectivity index (χ2v) is 5.61. The van der Waals surface area contributed by atoms with Crippen molar-refractivity contribution in [2.24, 2.45) is 0 Å². The van der Waals surface area contributed by atoms with E-state index in [0.29, 0.717) is 28.9 Å². The van der Waals surface area contributed by atoms with Crippen LogP contribution < -0.4 is 4.74 Å². The van der Waals surface area contributed by atoms with Gasteiger partial charge >= 0.3 is 0 Å². The number of aliphatic hydroxyl groups excluding tert-OH is 1. The van der Waals surface area contributed by atoms with Crippen LogP contribution in [0.3, 0.4) is 0 Å². The molecule has 0 heterocycles. The zero-order valence-electron chi connectivity index (χ0n) is 10.9. The zero-order valence-corrected chi connectivity index (χ0v) is 12.4. The number of hydrogen-bond acceptors (Lipinski definition) is 3. The summed E-state index contributed by atoms with van der Waals surface area (Å²) in [6.45, 7) is 5.17. The topological polar surface area (TPSA) is 32.7 Å². The Morgan fingerprint density at radius 1 is 1.28 bits per heavy atom. The van der Waals surface area contributed by atoms with Crippen molar-refractivity contribution in [2.75, 3.05) is 26.8 Å². The monoisotopic (exact) mass is 291 g/mol. The molecule has 0 aliphatic heterocycles. The van der Waals surface area contributed by atoms with Crippen molar-refractivity contribution in [1.82, 2.24) is 4.90 Å². The molecule has 3 nitrogen and oxygen atoms in total. The average molecular weight is 292 g/mol. The number of likely N-dealkylation sites (N-methyl/N-ethyl adjacent to an activating group) is 1. The van der Waals surface area contributed by atoms with Crippen LogP contribution in [0.4, 0.5) is 0 Å². The fourth-order valence-electron chi connectivity index (χ4n) is 1.33. The van der Waals surface area contributed by atoms with Gasteiger partial charge in [0, 0.05) is 12.1 Å². The van der Waals surface area contributed by atoms with Crippen LogP contribution >= 0.6 is 23.2 Å². The summed E-state index contributed by atoms with van der Waals surface area (Å²) in [7, 11) is 1.94. The molecule has 0 spiro atoms. The van der Waals surface area contributed by atoms with Gasteiger partial charge in [0.05, 0.1) is 16.7 Å². The molecule has 0 saturated carbocycles. The molecule has 0 atom stereocenters. The van der Waals surface area contributed by atoms with Crippen LogP contribution in [0.1, 0.15) is 13.8 Å². The van der Waals surface area contributed by atoms with Crippen molar-refractivity contribution in [3.63, 3.8) is 0 Å². The summed E-state index contributed by atoms with van der Waals surface area (Å²) in [5.41, 5.74) is -0.270. The largest absolute Gasteiger partial charge is 0.489 e. The SMILES string of the molecule is CN(CCOc1c(Cl)cccc1Cl)C(C)(C)CO. The minimum absolute atomic E-state index is 0.0936. The summed E-state index contributed by atoms with van der Waals surface area (Å²) in [6, 6.07) is 5.26. The molecular weight excluding hydrogens is 273 g/mol. The Hall–Kier alpha value is -0.480. The number of halogens is 2. The first-order valence-corrected chi connectivity index (χ1v) is 6.53. The van der Waals surface area contributed by atoms with Gasteiger partial charge in [0.2, 0.25) is 0 Å². The summed E-state index contributed by atoms with van der Waals surface area (Å²) in [4.78, 5) is 2.03. The van der Waals surface area contributed by atoms with E-state index >= 15 is 0 Å². The Kier molecular flexibility index (Phi) is 5.73. The van der Waals surface area contributed by atoms with E-state index in [0.717, 1.165) is 0 Å². The molecule has 1 aromatic rings. The summed E-state index contributed by atoms with van der Waals surface area (Å²) >= 11 is 12.0. The molecule has 0 aromatic heterocycles. The van der Waals surface area contributed by atoms with E-state index in [-0.39, 0.29) is 12.1 Å². The van der Waals surface area contributed by atoms with Gasteiger partial charge in [0.1, 0.15) is 6.61 Å². The maximum Gasteiger partial charge on any atom is 0.156 e. The maximum atomic E-state index is 9.24. The Bertz CT molecular complexity index is 376. The lowest BCUT2D eigenvalue weighted by molar-refractivity contribution is 0.0679. The van der Waals surface area contributed by atoms with Crippen LogP contribution in [0.5, 0.6) is 5.75 Å². The second kappa shape index (κ2) is 6.62. The molecule has 0 amide bonds. The van der Waals surface area contributed by atoms with Gasteiger partial charge in [0.25, 0.3) is 0 Å². The number of rotatable bonds is 6. The third-order valence-corrected chi connectivity index (χ3v) is 3.61. The molecule has 0 unspecified atom stereocenters. The van der Waals surface area contributed by atoms with E-state index in [1.54, 1.807) is 18.2 Å². The molecule has 0 bridgehead atoms. The number of benzene rings is 1. The number of ether oxygens (including phenoxy) is 1. The van der Waals surface area contributed by atoms with Crippen LogP contribution in [0.2, 0.25) is 10.0 Å². The summed E-state index contributed by atoms with van der Waals surface area (Å²) in [6.07, 6.45) is 0. The zero-order chi connectivity index (χ0) is 13.8. The van der Waals surface area contributed by atoms with Gasteiger partial charge in [0.15, 0.2) is 5.75 Å². The van der Waals surface area contributed by atoms with Crippen LogP contribution in [-0.4, -0.2) is 42.4 Å². The first-order chi connectivity index (χ1) is 8.38. The lowest BCUT2D eigenvalue weighted by atomic mass is 10.1. The number of hydrogen-bond donors (Lipinski definition) is 1. The first kappa shape index (κ1) is 15.6. The van der Waals surface area contributed by atoms with E-state index in [9.17, 15) is 5.11 Å². The van der Waals surface area contributed by atoms with Gasteiger partial charge in [-0.3, -0.25) is 4.90 Å². The van der Waals surface area contributed by atoms with Gasteiger partial charge in [-0.15, -0.1) is 0 Å². The van der Waals surface area contributed by atoms with Gasteiger partial charge < -0.3 is 9.84 Å². The van der Waals surface area contributed by atoms with Crippen LogP contribution in [0, 0.1) is 0 Å². The van der Waals surface area contributed by atoms with Crippen LogP contribution in [-0.2, 0) is 0 Å². The van der Waals surface area contributed by atoms with E-state index in [1.807, 2.05) is 25.8 Å². The number of para-hydroxylation sites is 1. The van der Waals surface area contributed by atoms with Gasteiger partial charge in [-0.25, -0.2) is 0 Å². The molecule has 18 heavy (non-hydrogen) atoms. The van der Waals surface area contributed by atoms with Gasteiger partial charge in [-0.05, 0) is 33.0 Å². The molecule has 0 saturated heterocycles. The number of aliphatic hydroxyl groups is 1. The Labute approximate surface area is 118 Å². The Morgan fingerprint density at radius 2 is 1.83 bits per heavy atom.